The molecule has 19 heavy (non-hydrogen) atoms. The van der Waals surface area contributed by atoms with Crippen LogP contribution in [-0.4, -0.2) is 17.0 Å². The van der Waals surface area contributed by atoms with Crippen LogP contribution in [0.15, 0.2) is 36.4 Å². The molecule has 1 N–H and O–H groups in total. The topological polar surface area (TPSA) is 77.3 Å². The maximum absolute atomic E-state index is 10.9. The molecule has 0 bridgehead atoms. The second-order valence-electron chi connectivity index (χ2n) is 3.87. The molecule has 2 rings (SSSR count). The quantitative estimate of drug-likeness (QED) is 0.674. The average Bonchev–Trinajstić information content (AvgIpc) is 2.41. The van der Waals surface area contributed by atoms with Crippen LogP contribution in [0.25, 0.3) is 0 Å². The first-order valence-corrected chi connectivity index (χ1v) is 5.68. The summed E-state index contributed by atoms with van der Waals surface area (Å²) in [5, 5.41) is 13.7. The first-order chi connectivity index (χ1) is 9.11. The van der Waals surface area contributed by atoms with E-state index < -0.39 is 4.92 Å². The van der Waals surface area contributed by atoms with Crippen molar-refractivity contribution < 1.29 is 9.66 Å². The molecule has 6 nitrogen and oxygen atoms in total. The van der Waals surface area contributed by atoms with Crippen molar-refractivity contribution in [2.24, 2.45) is 0 Å². The fourth-order valence-corrected chi connectivity index (χ4v) is 1.63. The van der Waals surface area contributed by atoms with Gasteiger partial charge in [-0.2, -0.15) is 4.98 Å². The summed E-state index contributed by atoms with van der Waals surface area (Å²) in [6, 6.07) is 9.99. The second kappa shape index (κ2) is 5.34. The number of nitrogens with one attached hydrogen (secondary N) is 1. The predicted octanol–water partition coefficient (Wildman–Crippen LogP) is 3.13. The van der Waals surface area contributed by atoms with Gasteiger partial charge in [0.25, 0.3) is 5.69 Å². The lowest BCUT2D eigenvalue weighted by Gasteiger charge is -2.08. The summed E-state index contributed by atoms with van der Waals surface area (Å²) < 4.78 is 5.59. The molecule has 2 aromatic rings. The minimum absolute atomic E-state index is 0.0299. The summed E-state index contributed by atoms with van der Waals surface area (Å²) in [6.45, 7) is 1.65. The number of aromatic nitrogens is 1. The molecule has 0 radical (unpaired) electrons. The van der Waals surface area contributed by atoms with E-state index in [1.165, 1.54) is 6.07 Å². The number of ether oxygens (including phenoxy) is 1. The second-order valence-corrected chi connectivity index (χ2v) is 3.87. The largest absolute Gasteiger partial charge is 0.438 e. The number of hydrogen-bond donors (Lipinski definition) is 1. The Bertz CT molecular complexity index is 614. The normalized spacial score (nSPS) is 10.0. The molecule has 0 spiro atoms. The van der Waals surface area contributed by atoms with Crippen LogP contribution in [0.4, 0.5) is 11.5 Å². The molecule has 0 aliphatic carbocycles. The molecule has 0 amide bonds. The zero-order valence-corrected chi connectivity index (χ0v) is 10.6. The molecule has 1 heterocycles. The summed E-state index contributed by atoms with van der Waals surface area (Å²) >= 11 is 0. The highest BCUT2D eigenvalue weighted by atomic mass is 16.6. The van der Waals surface area contributed by atoms with Gasteiger partial charge in [-0.25, -0.2) is 0 Å². The highest BCUT2D eigenvalue weighted by molar-refractivity contribution is 5.49. The van der Waals surface area contributed by atoms with Gasteiger partial charge in [0.2, 0.25) is 5.88 Å². The van der Waals surface area contributed by atoms with Gasteiger partial charge >= 0.3 is 0 Å². The molecule has 0 saturated carbocycles. The Hall–Kier alpha value is -2.63. The molecule has 1 aromatic carbocycles. The molecule has 98 valence electrons. The predicted molar refractivity (Wildman–Crippen MR) is 71.7 cm³/mol. The van der Waals surface area contributed by atoms with E-state index in [4.69, 9.17) is 4.74 Å². The zero-order valence-electron chi connectivity index (χ0n) is 10.6. The molecular weight excluding hydrogens is 246 g/mol. The number of nitro benzene ring substituents is 1. The van der Waals surface area contributed by atoms with Crippen molar-refractivity contribution in [1.29, 1.82) is 0 Å². The zero-order chi connectivity index (χ0) is 13.8. The number of nitrogens with zero attached hydrogens (tertiary/aromatic N) is 2. The SMILES string of the molecule is CNc1cccc(Oc2cccc([N+](=O)[O-])c2C)n1. The number of nitro groups is 1. The van der Waals surface area contributed by atoms with Gasteiger partial charge in [-0.05, 0) is 19.1 Å². The first kappa shape index (κ1) is 12.8. The van der Waals surface area contributed by atoms with Crippen molar-refractivity contribution in [3.05, 3.63) is 52.1 Å². The molecule has 6 heteroatoms. The number of benzene rings is 1. The lowest BCUT2D eigenvalue weighted by Crippen LogP contribution is -1.97. The van der Waals surface area contributed by atoms with Gasteiger partial charge < -0.3 is 10.1 Å². The third kappa shape index (κ3) is 2.79. The Labute approximate surface area is 110 Å². The van der Waals surface area contributed by atoms with Crippen LogP contribution >= 0.6 is 0 Å². The van der Waals surface area contributed by atoms with Crippen LogP contribution in [-0.2, 0) is 0 Å². The lowest BCUT2D eigenvalue weighted by molar-refractivity contribution is -0.385. The van der Waals surface area contributed by atoms with Crippen molar-refractivity contribution in [3.8, 4) is 11.6 Å². The molecule has 0 atom stereocenters. The highest BCUT2D eigenvalue weighted by Crippen LogP contribution is 2.30. The molecule has 0 aliphatic rings. The van der Waals surface area contributed by atoms with E-state index in [2.05, 4.69) is 10.3 Å². The van der Waals surface area contributed by atoms with Gasteiger partial charge in [-0.1, -0.05) is 12.1 Å². The third-order valence-electron chi connectivity index (χ3n) is 2.65. The molecule has 1 aromatic heterocycles. The van der Waals surface area contributed by atoms with Crippen LogP contribution < -0.4 is 10.1 Å². The molecule has 0 aliphatic heterocycles. The molecule has 0 fully saturated rings. The molecule has 0 unspecified atom stereocenters. The fraction of sp³-hybridized carbons (Fsp3) is 0.154. The lowest BCUT2D eigenvalue weighted by atomic mass is 10.2. The van der Waals surface area contributed by atoms with Crippen LogP contribution in [0, 0.1) is 17.0 Å². The first-order valence-electron chi connectivity index (χ1n) is 5.68. The van der Waals surface area contributed by atoms with E-state index in [0.717, 1.165) is 0 Å². The third-order valence-corrected chi connectivity index (χ3v) is 2.65. The monoisotopic (exact) mass is 259 g/mol. The number of pyridine rings is 1. The Balaban J connectivity index is 2.33. The Morgan fingerprint density at radius 3 is 2.68 bits per heavy atom. The highest BCUT2D eigenvalue weighted by Gasteiger charge is 2.14. The van der Waals surface area contributed by atoms with Crippen molar-refractivity contribution >= 4 is 11.5 Å². The number of anilines is 1. The van der Waals surface area contributed by atoms with Crippen LogP contribution in [0.5, 0.6) is 11.6 Å². The van der Waals surface area contributed by atoms with Gasteiger partial charge in [0, 0.05) is 19.2 Å². The number of rotatable bonds is 4. The van der Waals surface area contributed by atoms with Gasteiger partial charge in [0.15, 0.2) is 0 Å². The van der Waals surface area contributed by atoms with Crippen molar-refractivity contribution in [1.82, 2.24) is 4.98 Å². The van der Waals surface area contributed by atoms with Gasteiger partial charge in [-0.15, -0.1) is 0 Å². The van der Waals surface area contributed by atoms with Gasteiger partial charge in [-0.3, -0.25) is 10.1 Å². The van der Waals surface area contributed by atoms with Gasteiger partial charge in [0.05, 0.1) is 10.5 Å². The van der Waals surface area contributed by atoms with Crippen molar-refractivity contribution in [3.63, 3.8) is 0 Å². The van der Waals surface area contributed by atoms with Gasteiger partial charge in [0.1, 0.15) is 11.6 Å². The van der Waals surface area contributed by atoms with Crippen LogP contribution in [0.1, 0.15) is 5.56 Å². The summed E-state index contributed by atoms with van der Waals surface area (Å²) in [5.41, 5.74) is 0.506. The Kier molecular flexibility index (Phi) is 3.61. The van der Waals surface area contributed by atoms with Crippen LogP contribution in [0.3, 0.4) is 0 Å². The summed E-state index contributed by atoms with van der Waals surface area (Å²) in [4.78, 5) is 14.6. The van der Waals surface area contributed by atoms with E-state index in [0.29, 0.717) is 23.0 Å². The van der Waals surface area contributed by atoms with E-state index in [1.54, 1.807) is 44.3 Å². The van der Waals surface area contributed by atoms with E-state index in [9.17, 15) is 10.1 Å². The molecule has 0 saturated heterocycles. The summed E-state index contributed by atoms with van der Waals surface area (Å²) in [7, 11) is 1.75. The smallest absolute Gasteiger partial charge is 0.276 e. The Morgan fingerprint density at radius 2 is 2.00 bits per heavy atom. The minimum Gasteiger partial charge on any atom is -0.438 e. The van der Waals surface area contributed by atoms with E-state index >= 15 is 0 Å². The average molecular weight is 259 g/mol. The van der Waals surface area contributed by atoms with Crippen molar-refractivity contribution in [2.45, 2.75) is 6.92 Å². The number of hydrogen-bond acceptors (Lipinski definition) is 5. The summed E-state index contributed by atoms with van der Waals surface area (Å²) in [5.74, 6) is 1.48. The van der Waals surface area contributed by atoms with E-state index in [1.807, 2.05) is 0 Å². The van der Waals surface area contributed by atoms with Crippen LogP contribution in [0.2, 0.25) is 0 Å². The van der Waals surface area contributed by atoms with Crippen molar-refractivity contribution in [2.75, 3.05) is 12.4 Å². The van der Waals surface area contributed by atoms with E-state index in [-0.39, 0.29) is 5.69 Å². The summed E-state index contributed by atoms with van der Waals surface area (Å²) in [6.07, 6.45) is 0. The standard InChI is InChI=1S/C13H13N3O3/c1-9-10(16(17)18)5-3-6-11(9)19-13-8-4-7-12(14-2)15-13/h3-8H,1-2H3,(H,14,15). The Morgan fingerprint density at radius 1 is 1.26 bits per heavy atom. The maximum atomic E-state index is 10.9. The molecular formula is C13H13N3O3. The fourth-order valence-electron chi connectivity index (χ4n) is 1.63. The minimum atomic E-state index is -0.431. The maximum Gasteiger partial charge on any atom is 0.276 e.